The van der Waals surface area contributed by atoms with Crippen LogP contribution in [0.3, 0.4) is 0 Å². The van der Waals surface area contributed by atoms with Gasteiger partial charge in [-0.15, -0.1) is 12.4 Å². The Labute approximate surface area is 254 Å². The maximum Gasteiger partial charge on any atom is 0.412 e. The molecule has 7 nitrogen and oxygen atoms in total. The van der Waals surface area contributed by atoms with Crippen LogP contribution >= 0.6 is 12.4 Å². The second kappa shape index (κ2) is 17.4. The summed E-state index contributed by atoms with van der Waals surface area (Å²) < 4.78 is 17.5. The molecule has 4 rings (SSSR count). The third-order valence-electron chi connectivity index (χ3n) is 7.04. The van der Waals surface area contributed by atoms with Crippen molar-refractivity contribution in [2.45, 2.75) is 65.3 Å². The second-order valence-corrected chi connectivity index (χ2v) is 10.4. The van der Waals surface area contributed by atoms with Crippen LogP contribution in [0.1, 0.15) is 64.4 Å². The van der Waals surface area contributed by atoms with E-state index in [1.54, 1.807) is 24.3 Å². The fourth-order valence-corrected chi connectivity index (χ4v) is 4.96. The first-order chi connectivity index (χ1) is 20.1. The van der Waals surface area contributed by atoms with Crippen molar-refractivity contribution in [1.29, 1.82) is 0 Å². The number of rotatable bonds is 16. The van der Waals surface area contributed by atoms with Crippen molar-refractivity contribution < 1.29 is 18.7 Å². The molecule has 3 aromatic carbocycles. The summed E-state index contributed by atoms with van der Waals surface area (Å²) in [5.74, 6) is 1.24. The second-order valence-electron chi connectivity index (χ2n) is 10.4. The van der Waals surface area contributed by atoms with Gasteiger partial charge in [-0.3, -0.25) is 9.69 Å². The van der Waals surface area contributed by atoms with Crippen LogP contribution in [0.2, 0.25) is 0 Å². The van der Waals surface area contributed by atoms with Crippen molar-refractivity contribution in [2.24, 2.45) is 0 Å². The topological polar surface area (TPSA) is 81.0 Å². The van der Waals surface area contributed by atoms with Crippen molar-refractivity contribution in [3.63, 3.8) is 0 Å². The average molecular weight is 595 g/mol. The molecule has 0 saturated carbocycles. The quantitative estimate of drug-likeness (QED) is 0.104. The number of halogens is 1. The lowest BCUT2D eigenvalue weighted by molar-refractivity contribution is 0.200. The highest BCUT2D eigenvalue weighted by atomic mass is 35.5. The molecular weight excluding hydrogens is 552 g/mol. The van der Waals surface area contributed by atoms with Crippen LogP contribution in [0.25, 0.3) is 21.9 Å². The van der Waals surface area contributed by atoms with Gasteiger partial charge in [-0.25, -0.2) is 4.79 Å². The molecule has 42 heavy (non-hydrogen) atoms. The van der Waals surface area contributed by atoms with Gasteiger partial charge < -0.3 is 19.2 Å². The number of nitrogens with one attached hydrogen (secondary N) is 1. The predicted octanol–water partition coefficient (Wildman–Crippen LogP) is 8.11. The Morgan fingerprint density at radius 1 is 0.810 bits per heavy atom. The largest absolute Gasteiger partial charge is 0.493 e. The van der Waals surface area contributed by atoms with Crippen LogP contribution in [0, 0.1) is 0 Å². The van der Waals surface area contributed by atoms with Crippen molar-refractivity contribution >= 4 is 40.4 Å². The van der Waals surface area contributed by atoms with E-state index in [9.17, 15) is 9.59 Å². The minimum absolute atomic E-state index is 0. The molecule has 0 unspecified atom stereocenters. The highest BCUT2D eigenvalue weighted by Crippen LogP contribution is 2.23. The standard InChI is InChI=1S/C34H42N2O5.ClH/c1-3-5-6-7-10-19-35-34(38)40-28-14-11-13-26(23-28)25-36(20-4-2)21-12-22-39-27-17-18-30-32(24-27)41-31-16-9-8-15-29(31)33(30)37;/h8-9,11,13-18,23-24H,3-7,10,12,19-22,25H2,1-2H3,(H,35,38);1H. The third kappa shape index (κ3) is 9.78. The predicted molar refractivity (Wildman–Crippen MR) is 172 cm³/mol. The van der Waals surface area contributed by atoms with E-state index < -0.39 is 6.09 Å². The van der Waals surface area contributed by atoms with Gasteiger partial charge in [0.1, 0.15) is 22.7 Å². The number of hydrogen-bond acceptors (Lipinski definition) is 6. The van der Waals surface area contributed by atoms with Gasteiger partial charge >= 0.3 is 6.09 Å². The van der Waals surface area contributed by atoms with E-state index in [4.69, 9.17) is 13.9 Å². The molecule has 0 aliphatic heterocycles. The number of carbonyl (C=O) groups excluding carboxylic acids is 1. The minimum atomic E-state index is -0.402. The van der Waals surface area contributed by atoms with Crippen molar-refractivity contribution in [2.75, 3.05) is 26.2 Å². The molecule has 226 valence electrons. The Morgan fingerprint density at radius 2 is 1.62 bits per heavy atom. The van der Waals surface area contributed by atoms with E-state index in [2.05, 4.69) is 30.1 Å². The van der Waals surface area contributed by atoms with Gasteiger partial charge in [-0.05, 0) is 67.8 Å². The number of fused-ring (bicyclic) bond motifs is 2. The molecule has 0 aliphatic rings. The van der Waals surface area contributed by atoms with Gasteiger partial charge in [-0.1, -0.05) is 63.8 Å². The number of amides is 1. The van der Waals surface area contributed by atoms with Crippen molar-refractivity contribution in [1.82, 2.24) is 10.2 Å². The van der Waals surface area contributed by atoms with E-state index in [1.165, 1.54) is 19.3 Å². The van der Waals surface area contributed by atoms with Crippen LogP contribution in [0.5, 0.6) is 11.5 Å². The lowest BCUT2D eigenvalue weighted by Crippen LogP contribution is -2.28. The van der Waals surface area contributed by atoms with Gasteiger partial charge in [0.2, 0.25) is 5.43 Å². The van der Waals surface area contributed by atoms with Gasteiger partial charge in [-0.2, -0.15) is 0 Å². The first-order valence-corrected chi connectivity index (χ1v) is 14.9. The van der Waals surface area contributed by atoms with Gasteiger partial charge in [0.05, 0.1) is 17.4 Å². The molecule has 1 amide bonds. The number of carbonyl (C=O) groups is 1. The normalized spacial score (nSPS) is 11.0. The SMILES string of the molecule is CCCCCCCNC(=O)Oc1cccc(CN(CCC)CCCOc2ccc3c(=O)c4ccccc4oc3c2)c1.Cl. The molecule has 0 bridgehead atoms. The Hall–Kier alpha value is -3.55. The Balaban J connectivity index is 0.00000484. The van der Waals surface area contributed by atoms with Crippen LogP contribution < -0.4 is 20.2 Å². The number of hydrogen-bond donors (Lipinski definition) is 1. The van der Waals surface area contributed by atoms with Gasteiger partial charge in [0.25, 0.3) is 0 Å². The number of ether oxygens (including phenoxy) is 2. The van der Waals surface area contributed by atoms with E-state index >= 15 is 0 Å². The number of benzene rings is 3. The summed E-state index contributed by atoms with van der Waals surface area (Å²) in [5.41, 5.74) is 2.17. The van der Waals surface area contributed by atoms with E-state index in [1.807, 2.05) is 36.4 Å². The molecule has 1 N–H and O–H groups in total. The van der Waals surface area contributed by atoms with E-state index in [0.29, 0.717) is 46.6 Å². The highest BCUT2D eigenvalue weighted by Gasteiger charge is 2.10. The lowest BCUT2D eigenvalue weighted by Gasteiger charge is -2.22. The molecule has 0 spiro atoms. The summed E-state index contributed by atoms with van der Waals surface area (Å²) in [5, 5.41) is 3.98. The third-order valence-corrected chi connectivity index (χ3v) is 7.04. The zero-order chi connectivity index (χ0) is 28.9. The Kier molecular flexibility index (Phi) is 13.7. The fourth-order valence-electron chi connectivity index (χ4n) is 4.96. The maximum atomic E-state index is 12.8. The van der Waals surface area contributed by atoms with Crippen LogP contribution in [0.15, 0.2) is 75.9 Å². The van der Waals surface area contributed by atoms with E-state index in [0.717, 1.165) is 50.9 Å². The lowest BCUT2D eigenvalue weighted by atomic mass is 10.1. The summed E-state index contributed by atoms with van der Waals surface area (Å²) in [6, 6.07) is 20.4. The zero-order valence-electron chi connectivity index (χ0n) is 24.7. The van der Waals surface area contributed by atoms with Gasteiger partial charge in [0, 0.05) is 25.7 Å². The molecule has 0 saturated heterocycles. The molecule has 0 radical (unpaired) electrons. The molecule has 8 heteroatoms. The maximum absolute atomic E-state index is 12.8. The zero-order valence-corrected chi connectivity index (χ0v) is 25.5. The number of nitrogens with zero attached hydrogens (tertiary/aromatic N) is 1. The Bertz CT molecular complexity index is 1470. The Morgan fingerprint density at radius 3 is 2.45 bits per heavy atom. The molecule has 4 aromatic rings. The molecule has 0 fully saturated rings. The monoisotopic (exact) mass is 594 g/mol. The highest BCUT2D eigenvalue weighted by molar-refractivity contribution is 5.90. The summed E-state index contributed by atoms with van der Waals surface area (Å²) in [6.45, 7) is 8.13. The summed E-state index contributed by atoms with van der Waals surface area (Å²) in [4.78, 5) is 27.3. The fraction of sp³-hybridized carbons (Fsp3) is 0.412. The molecule has 1 heterocycles. The summed E-state index contributed by atoms with van der Waals surface area (Å²) in [7, 11) is 0. The van der Waals surface area contributed by atoms with Crippen LogP contribution in [-0.2, 0) is 6.54 Å². The summed E-state index contributed by atoms with van der Waals surface area (Å²) >= 11 is 0. The molecule has 0 aliphatic carbocycles. The minimum Gasteiger partial charge on any atom is -0.493 e. The van der Waals surface area contributed by atoms with Crippen molar-refractivity contribution in [3.8, 4) is 11.5 Å². The number of para-hydroxylation sites is 1. The smallest absolute Gasteiger partial charge is 0.412 e. The van der Waals surface area contributed by atoms with Crippen LogP contribution in [-0.4, -0.2) is 37.2 Å². The molecular formula is C34H43ClN2O5. The molecule has 0 atom stereocenters. The summed E-state index contributed by atoms with van der Waals surface area (Å²) in [6.07, 6.45) is 7.23. The number of unbranched alkanes of at least 4 members (excludes halogenated alkanes) is 4. The average Bonchev–Trinajstić information content (AvgIpc) is 2.97. The van der Waals surface area contributed by atoms with Gasteiger partial charge in [0.15, 0.2) is 0 Å². The first-order valence-electron chi connectivity index (χ1n) is 14.9. The van der Waals surface area contributed by atoms with E-state index in [-0.39, 0.29) is 17.8 Å². The van der Waals surface area contributed by atoms with Crippen LogP contribution in [0.4, 0.5) is 4.79 Å². The first kappa shape index (κ1) is 33.0. The molecule has 1 aromatic heterocycles. The van der Waals surface area contributed by atoms with Crippen molar-refractivity contribution in [3.05, 3.63) is 82.5 Å².